The monoisotopic (exact) mass is 378 g/mol. The molecule has 2 amide bonds. The molecule has 2 rings (SSSR count). The van der Waals surface area contributed by atoms with Gasteiger partial charge in [-0.2, -0.15) is 0 Å². The van der Waals surface area contributed by atoms with Gasteiger partial charge in [-0.15, -0.1) is 0 Å². The van der Waals surface area contributed by atoms with Crippen molar-refractivity contribution in [3.05, 3.63) is 58.1 Å². The molecule has 0 unspecified atom stereocenters. The van der Waals surface area contributed by atoms with E-state index in [0.29, 0.717) is 33.4 Å². The highest BCUT2D eigenvalue weighted by Gasteiger charge is 2.09. The number of hydrogen-bond donors (Lipinski definition) is 2. The van der Waals surface area contributed by atoms with Gasteiger partial charge in [0.2, 0.25) is 5.91 Å². The van der Waals surface area contributed by atoms with Gasteiger partial charge in [0.15, 0.2) is 0 Å². The van der Waals surface area contributed by atoms with E-state index in [1.165, 1.54) is 0 Å². The minimum absolute atomic E-state index is 0.0291. The van der Waals surface area contributed by atoms with Crippen LogP contribution in [0.1, 0.15) is 43.0 Å². The maximum Gasteiger partial charge on any atom is 0.255 e. The maximum absolute atomic E-state index is 12.3. The van der Waals surface area contributed by atoms with Gasteiger partial charge in [-0.25, -0.2) is 0 Å². The molecule has 6 heteroatoms. The third-order valence-corrected chi connectivity index (χ3v) is 3.97. The van der Waals surface area contributed by atoms with E-state index in [1.807, 2.05) is 0 Å². The van der Waals surface area contributed by atoms with E-state index in [0.717, 1.165) is 19.3 Å². The summed E-state index contributed by atoms with van der Waals surface area (Å²) in [7, 11) is 0. The summed E-state index contributed by atoms with van der Waals surface area (Å²) in [6, 6.07) is 11.7. The van der Waals surface area contributed by atoms with Crippen LogP contribution in [-0.2, 0) is 4.79 Å². The number of unbranched alkanes of at least 4 members (excludes halogenated alkanes) is 2. The zero-order valence-corrected chi connectivity index (χ0v) is 15.5. The smallest absolute Gasteiger partial charge is 0.255 e. The van der Waals surface area contributed by atoms with Crippen molar-refractivity contribution in [1.82, 2.24) is 0 Å². The highest BCUT2D eigenvalue weighted by Crippen LogP contribution is 2.21. The van der Waals surface area contributed by atoms with E-state index in [1.54, 1.807) is 42.5 Å². The number of nitrogens with one attached hydrogen (secondary N) is 2. The van der Waals surface area contributed by atoms with Crippen LogP contribution in [0.3, 0.4) is 0 Å². The molecule has 0 heterocycles. The van der Waals surface area contributed by atoms with Gasteiger partial charge in [-0.05, 0) is 42.8 Å². The molecule has 132 valence electrons. The molecule has 2 aromatic carbocycles. The molecule has 4 nitrogen and oxygen atoms in total. The van der Waals surface area contributed by atoms with Crippen LogP contribution in [0.4, 0.5) is 11.4 Å². The molecule has 0 radical (unpaired) electrons. The molecule has 0 saturated carbocycles. The first kappa shape index (κ1) is 19.3. The number of hydrogen-bond acceptors (Lipinski definition) is 2. The number of halogens is 2. The van der Waals surface area contributed by atoms with Crippen molar-refractivity contribution in [3.8, 4) is 0 Å². The fourth-order valence-corrected chi connectivity index (χ4v) is 2.85. The Labute approximate surface area is 157 Å². The van der Waals surface area contributed by atoms with Crippen LogP contribution >= 0.6 is 23.2 Å². The molecule has 0 saturated heterocycles. The lowest BCUT2D eigenvalue weighted by Crippen LogP contribution is -2.13. The fourth-order valence-electron chi connectivity index (χ4n) is 2.32. The van der Waals surface area contributed by atoms with Crippen molar-refractivity contribution in [2.75, 3.05) is 10.6 Å². The van der Waals surface area contributed by atoms with E-state index in [9.17, 15) is 9.59 Å². The number of amides is 2. The van der Waals surface area contributed by atoms with Gasteiger partial charge in [0.25, 0.3) is 5.91 Å². The second-order valence-corrected chi connectivity index (χ2v) is 6.57. The Morgan fingerprint density at radius 2 is 1.56 bits per heavy atom. The molecular formula is C19H20Cl2N2O2. The Morgan fingerprint density at radius 3 is 2.20 bits per heavy atom. The van der Waals surface area contributed by atoms with Gasteiger partial charge in [0.1, 0.15) is 0 Å². The van der Waals surface area contributed by atoms with E-state index in [-0.39, 0.29) is 11.8 Å². The van der Waals surface area contributed by atoms with Crippen LogP contribution in [-0.4, -0.2) is 11.8 Å². The number of anilines is 2. The van der Waals surface area contributed by atoms with Crippen LogP contribution in [0.5, 0.6) is 0 Å². The zero-order valence-electron chi connectivity index (χ0n) is 13.9. The van der Waals surface area contributed by atoms with Gasteiger partial charge in [0.05, 0.1) is 0 Å². The maximum atomic E-state index is 12.3. The van der Waals surface area contributed by atoms with E-state index >= 15 is 0 Å². The van der Waals surface area contributed by atoms with Crippen molar-refractivity contribution in [2.24, 2.45) is 0 Å². The van der Waals surface area contributed by atoms with Crippen molar-refractivity contribution < 1.29 is 9.59 Å². The minimum atomic E-state index is -0.323. The van der Waals surface area contributed by atoms with Gasteiger partial charge in [-0.3, -0.25) is 9.59 Å². The van der Waals surface area contributed by atoms with E-state index in [2.05, 4.69) is 17.6 Å². The Balaban J connectivity index is 2.01. The van der Waals surface area contributed by atoms with Crippen LogP contribution in [0, 0.1) is 0 Å². The highest BCUT2D eigenvalue weighted by atomic mass is 35.5. The number of carbonyl (C=O) groups excluding carboxylic acids is 2. The fraction of sp³-hybridized carbons (Fsp3) is 0.263. The summed E-state index contributed by atoms with van der Waals surface area (Å²) in [4.78, 5) is 24.2. The van der Waals surface area contributed by atoms with Gasteiger partial charge in [0, 0.05) is 33.4 Å². The van der Waals surface area contributed by atoms with Gasteiger partial charge in [-0.1, -0.05) is 49.0 Å². The molecule has 25 heavy (non-hydrogen) atoms. The van der Waals surface area contributed by atoms with Crippen molar-refractivity contribution in [2.45, 2.75) is 32.6 Å². The van der Waals surface area contributed by atoms with Crippen LogP contribution < -0.4 is 10.6 Å². The SMILES string of the molecule is CCCCCC(=O)Nc1cccc(NC(=O)c2cc(Cl)cc(Cl)c2)c1. The zero-order chi connectivity index (χ0) is 18.2. The van der Waals surface area contributed by atoms with Crippen LogP contribution in [0.2, 0.25) is 10.0 Å². The topological polar surface area (TPSA) is 58.2 Å². The predicted molar refractivity (Wildman–Crippen MR) is 104 cm³/mol. The summed E-state index contributed by atoms with van der Waals surface area (Å²) in [5.74, 6) is -0.352. The Kier molecular flexibility index (Phi) is 7.29. The third-order valence-electron chi connectivity index (χ3n) is 3.54. The molecule has 0 atom stereocenters. The third kappa shape index (κ3) is 6.40. The Hall–Kier alpha value is -2.04. The standard InChI is InChI=1S/C19H20Cl2N2O2/c1-2-3-4-8-18(24)22-16-6-5-7-17(12-16)23-19(25)13-9-14(20)11-15(21)10-13/h5-7,9-12H,2-4,8H2,1H3,(H,22,24)(H,23,25). The summed E-state index contributed by atoms with van der Waals surface area (Å²) in [6.07, 6.45) is 3.47. The molecule has 0 fully saturated rings. The molecular weight excluding hydrogens is 359 g/mol. The minimum Gasteiger partial charge on any atom is -0.326 e. The lowest BCUT2D eigenvalue weighted by Gasteiger charge is -2.09. The lowest BCUT2D eigenvalue weighted by molar-refractivity contribution is -0.116. The van der Waals surface area contributed by atoms with Crippen molar-refractivity contribution in [3.63, 3.8) is 0 Å². The first-order valence-corrected chi connectivity index (χ1v) is 8.91. The molecule has 0 aromatic heterocycles. The number of carbonyl (C=O) groups is 2. The number of benzene rings is 2. The normalized spacial score (nSPS) is 10.4. The first-order valence-electron chi connectivity index (χ1n) is 8.15. The molecule has 0 aliphatic rings. The van der Waals surface area contributed by atoms with Crippen molar-refractivity contribution >= 4 is 46.4 Å². The molecule has 2 aromatic rings. The van der Waals surface area contributed by atoms with Crippen molar-refractivity contribution in [1.29, 1.82) is 0 Å². The predicted octanol–water partition coefficient (Wildman–Crippen LogP) is 5.76. The summed E-state index contributed by atoms with van der Waals surface area (Å²) < 4.78 is 0. The molecule has 0 aliphatic heterocycles. The van der Waals surface area contributed by atoms with Crippen LogP contribution in [0.15, 0.2) is 42.5 Å². The second-order valence-electron chi connectivity index (χ2n) is 5.70. The summed E-state index contributed by atoms with van der Waals surface area (Å²) in [6.45, 7) is 2.09. The molecule has 2 N–H and O–H groups in total. The number of rotatable bonds is 7. The Morgan fingerprint density at radius 1 is 0.920 bits per heavy atom. The Bertz CT molecular complexity index is 743. The lowest BCUT2D eigenvalue weighted by atomic mass is 10.2. The first-order chi connectivity index (χ1) is 12.0. The molecule has 0 bridgehead atoms. The summed E-state index contributed by atoms with van der Waals surface area (Å²) in [5.41, 5.74) is 1.59. The average Bonchev–Trinajstić information content (AvgIpc) is 2.54. The second kappa shape index (κ2) is 9.44. The summed E-state index contributed by atoms with van der Waals surface area (Å²) >= 11 is 11.8. The average molecular weight is 379 g/mol. The van der Waals surface area contributed by atoms with Crippen LogP contribution in [0.25, 0.3) is 0 Å². The quantitative estimate of drug-likeness (QED) is 0.601. The van der Waals surface area contributed by atoms with Gasteiger partial charge < -0.3 is 10.6 Å². The highest BCUT2D eigenvalue weighted by molar-refractivity contribution is 6.35. The molecule has 0 aliphatic carbocycles. The van der Waals surface area contributed by atoms with Gasteiger partial charge >= 0.3 is 0 Å². The van der Waals surface area contributed by atoms with E-state index in [4.69, 9.17) is 23.2 Å². The summed E-state index contributed by atoms with van der Waals surface area (Å²) in [5, 5.41) is 6.40. The molecule has 0 spiro atoms. The largest absolute Gasteiger partial charge is 0.326 e. The van der Waals surface area contributed by atoms with E-state index < -0.39 is 0 Å².